The standard InChI is InChI=1S/C25H21BrClNO4/c1-2-28(23(24(29)30)20-12-11-15(26)13-22(20)27)25(31)32-14-21-18-9-5-3-7-16(18)17-8-4-6-10-19(17)21/h3-13,21,23H,2,14H2,1H3,(H,29,30). The van der Waals surface area contributed by atoms with Crippen LogP contribution < -0.4 is 0 Å². The molecule has 3 aromatic rings. The van der Waals surface area contributed by atoms with Crippen molar-refractivity contribution in [2.75, 3.05) is 13.2 Å². The first kappa shape index (κ1) is 22.4. The molecule has 4 rings (SSSR count). The largest absolute Gasteiger partial charge is 0.479 e. The third-order valence-corrected chi connectivity index (χ3v) is 6.53. The first-order chi connectivity index (χ1) is 15.4. The molecule has 0 saturated heterocycles. The fourth-order valence-electron chi connectivity index (χ4n) is 4.25. The number of likely N-dealkylation sites (N-methyl/N-ethyl adjacent to an activating group) is 1. The number of amides is 1. The minimum atomic E-state index is -1.25. The third-order valence-electron chi connectivity index (χ3n) is 5.71. The highest BCUT2D eigenvalue weighted by Crippen LogP contribution is 2.44. The summed E-state index contributed by atoms with van der Waals surface area (Å²) in [6, 6.07) is 19.8. The lowest BCUT2D eigenvalue weighted by Gasteiger charge is -2.28. The third kappa shape index (κ3) is 4.12. The second-order valence-corrected chi connectivity index (χ2v) is 8.82. The predicted octanol–water partition coefficient (Wildman–Crippen LogP) is 6.50. The molecule has 0 saturated carbocycles. The molecule has 1 aliphatic rings. The number of hydrogen-bond donors (Lipinski definition) is 1. The van der Waals surface area contributed by atoms with Gasteiger partial charge < -0.3 is 9.84 Å². The van der Waals surface area contributed by atoms with E-state index in [0.717, 1.165) is 26.7 Å². The molecule has 0 radical (unpaired) electrons. The zero-order valence-electron chi connectivity index (χ0n) is 17.3. The number of carbonyl (C=O) groups is 2. The molecule has 7 heteroatoms. The lowest BCUT2D eigenvalue weighted by atomic mass is 9.98. The van der Waals surface area contributed by atoms with Crippen molar-refractivity contribution < 1.29 is 19.4 Å². The van der Waals surface area contributed by atoms with Gasteiger partial charge >= 0.3 is 12.1 Å². The van der Waals surface area contributed by atoms with Gasteiger partial charge in [0.25, 0.3) is 0 Å². The summed E-state index contributed by atoms with van der Waals surface area (Å²) < 4.78 is 6.40. The summed E-state index contributed by atoms with van der Waals surface area (Å²) in [5.41, 5.74) is 4.77. The van der Waals surface area contributed by atoms with Gasteiger partial charge in [0, 0.05) is 27.5 Å². The zero-order chi connectivity index (χ0) is 22.8. The van der Waals surface area contributed by atoms with Crippen LogP contribution in [0.4, 0.5) is 4.79 Å². The van der Waals surface area contributed by atoms with Gasteiger partial charge in [0.15, 0.2) is 6.04 Å². The van der Waals surface area contributed by atoms with E-state index in [0.29, 0.717) is 5.56 Å². The van der Waals surface area contributed by atoms with Crippen molar-refractivity contribution in [2.24, 2.45) is 0 Å². The second kappa shape index (κ2) is 9.35. The Morgan fingerprint density at radius 2 is 1.66 bits per heavy atom. The van der Waals surface area contributed by atoms with Crippen LogP contribution in [0.2, 0.25) is 5.02 Å². The maximum Gasteiger partial charge on any atom is 0.410 e. The van der Waals surface area contributed by atoms with Crippen LogP contribution in [0.15, 0.2) is 71.2 Å². The summed E-state index contributed by atoms with van der Waals surface area (Å²) >= 11 is 9.61. The van der Waals surface area contributed by atoms with E-state index in [1.165, 1.54) is 4.90 Å². The van der Waals surface area contributed by atoms with Gasteiger partial charge in [-0.3, -0.25) is 4.90 Å². The van der Waals surface area contributed by atoms with Crippen LogP contribution in [0, 0.1) is 0 Å². The molecule has 32 heavy (non-hydrogen) atoms. The molecular weight excluding hydrogens is 494 g/mol. The molecule has 0 heterocycles. The van der Waals surface area contributed by atoms with Gasteiger partial charge in [0.1, 0.15) is 6.61 Å². The van der Waals surface area contributed by atoms with Crippen molar-refractivity contribution in [1.29, 1.82) is 0 Å². The number of aliphatic carboxylic acids is 1. The quantitative estimate of drug-likeness (QED) is 0.408. The average Bonchev–Trinajstić information content (AvgIpc) is 3.10. The summed E-state index contributed by atoms with van der Waals surface area (Å²) in [7, 11) is 0. The monoisotopic (exact) mass is 513 g/mol. The smallest absolute Gasteiger partial charge is 0.410 e. The number of carbonyl (C=O) groups excluding carboxylic acids is 1. The molecule has 1 unspecified atom stereocenters. The van der Waals surface area contributed by atoms with Gasteiger partial charge in [-0.15, -0.1) is 0 Å². The lowest BCUT2D eigenvalue weighted by molar-refractivity contribution is -0.143. The molecule has 1 N–H and O–H groups in total. The molecule has 5 nitrogen and oxygen atoms in total. The van der Waals surface area contributed by atoms with Crippen LogP contribution in [-0.4, -0.2) is 35.2 Å². The van der Waals surface area contributed by atoms with Gasteiger partial charge in [-0.05, 0) is 41.3 Å². The Balaban J connectivity index is 1.58. The summed E-state index contributed by atoms with van der Waals surface area (Å²) in [6.07, 6.45) is -0.694. The summed E-state index contributed by atoms with van der Waals surface area (Å²) in [5.74, 6) is -1.28. The van der Waals surface area contributed by atoms with E-state index in [4.69, 9.17) is 16.3 Å². The van der Waals surface area contributed by atoms with Crippen LogP contribution in [0.1, 0.15) is 35.6 Å². The van der Waals surface area contributed by atoms with Crippen molar-refractivity contribution in [3.8, 4) is 11.1 Å². The Morgan fingerprint density at radius 3 is 2.19 bits per heavy atom. The highest BCUT2D eigenvalue weighted by molar-refractivity contribution is 9.10. The molecule has 0 aliphatic heterocycles. The number of ether oxygens (including phenoxy) is 1. The van der Waals surface area contributed by atoms with Crippen molar-refractivity contribution in [3.05, 3.63) is 92.9 Å². The zero-order valence-corrected chi connectivity index (χ0v) is 19.6. The van der Waals surface area contributed by atoms with E-state index >= 15 is 0 Å². The lowest BCUT2D eigenvalue weighted by Crippen LogP contribution is -2.39. The Labute approximate surface area is 199 Å². The topological polar surface area (TPSA) is 66.8 Å². The summed E-state index contributed by atoms with van der Waals surface area (Å²) in [6.45, 7) is 1.98. The predicted molar refractivity (Wildman–Crippen MR) is 127 cm³/mol. The van der Waals surface area contributed by atoms with E-state index in [1.54, 1.807) is 25.1 Å². The SMILES string of the molecule is CCN(C(=O)OCC1c2ccccc2-c2ccccc21)C(C(=O)O)c1ccc(Br)cc1Cl. The number of halogens is 2. The molecule has 1 atom stereocenters. The highest BCUT2D eigenvalue weighted by Gasteiger charge is 2.34. The maximum atomic E-state index is 13.0. The number of rotatable bonds is 6. The van der Waals surface area contributed by atoms with Crippen molar-refractivity contribution in [1.82, 2.24) is 4.90 Å². The van der Waals surface area contributed by atoms with Crippen molar-refractivity contribution in [2.45, 2.75) is 18.9 Å². The normalized spacial score (nSPS) is 13.2. The first-order valence-corrected chi connectivity index (χ1v) is 11.4. The number of nitrogens with zero attached hydrogens (tertiary/aromatic N) is 1. The van der Waals surface area contributed by atoms with Crippen molar-refractivity contribution in [3.63, 3.8) is 0 Å². The molecule has 0 bridgehead atoms. The average molecular weight is 515 g/mol. The Kier molecular flexibility index (Phi) is 6.53. The molecule has 3 aromatic carbocycles. The highest BCUT2D eigenvalue weighted by atomic mass is 79.9. The van der Waals surface area contributed by atoms with E-state index in [2.05, 4.69) is 28.1 Å². The van der Waals surface area contributed by atoms with Gasteiger partial charge in [-0.25, -0.2) is 9.59 Å². The summed E-state index contributed by atoms with van der Waals surface area (Å²) in [5, 5.41) is 10.2. The minimum absolute atomic E-state index is 0.107. The van der Waals surface area contributed by atoms with Crippen LogP contribution in [0.3, 0.4) is 0 Å². The minimum Gasteiger partial charge on any atom is -0.479 e. The second-order valence-electron chi connectivity index (χ2n) is 7.50. The van der Waals surface area contributed by atoms with Crippen molar-refractivity contribution >= 4 is 39.6 Å². The van der Waals surface area contributed by atoms with E-state index < -0.39 is 18.1 Å². The Morgan fingerprint density at radius 1 is 1.06 bits per heavy atom. The van der Waals surface area contributed by atoms with E-state index in [-0.39, 0.29) is 24.1 Å². The summed E-state index contributed by atoms with van der Waals surface area (Å²) in [4.78, 5) is 26.3. The number of hydrogen-bond acceptors (Lipinski definition) is 3. The fourth-order valence-corrected chi connectivity index (χ4v) is 5.03. The maximum absolute atomic E-state index is 13.0. The first-order valence-electron chi connectivity index (χ1n) is 10.2. The Bertz CT molecular complexity index is 1140. The fraction of sp³-hybridized carbons (Fsp3) is 0.200. The molecule has 0 aromatic heterocycles. The number of benzene rings is 3. The molecule has 0 fully saturated rings. The van der Waals surface area contributed by atoms with E-state index in [1.807, 2.05) is 36.4 Å². The number of fused-ring (bicyclic) bond motifs is 3. The molecule has 1 aliphatic carbocycles. The van der Waals surface area contributed by atoms with E-state index in [9.17, 15) is 14.7 Å². The number of carboxylic acid groups (broad SMARTS) is 1. The van der Waals surface area contributed by atoms with Crippen LogP contribution in [0.5, 0.6) is 0 Å². The van der Waals surface area contributed by atoms with Crippen LogP contribution >= 0.6 is 27.5 Å². The molecular formula is C25H21BrClNO4. The van der Waals surface area contributed by atoms with Gasteiger partial charge in [-0.2, -0.15) is 0 Å². The van der Waals surface area contributed by atoms with Gasteiger partial charge in [-0.1, -0.05) is 82.1 Å². The molecule has 0 spiro atoms. The van der Waals surface area contributed by atoms with Gasteiger partial charge in [0.05, 0.1) is 0 Å². The molecule has 164 valence electrons. The van der Waals surface area contributed by atoms with Crippen LogP contribution in [-0.2, 0) is 9.53 Å². The Hall–Kier alpha value is -2.83. The molecule has 1 amide bonds. The number of carboxylic acids is 1. The van der Waals surface area contributed by atoms with Gasteiger partial charge in [0.2, 0.25) is 0 Å². The van der Waals surface area contributed by atoms with Crippen LogP contribution in [0.25, 0.3) is 11.1 Å².